The molecular formula is C23H20Cl2FN5O. The third-order valence-electron chi connectivity index (χ3n) is 5.08. The predicted molar refractivity (Wildman–Crippen MR) is 123 cm³/mol. The summed E-state index contributed by atoms with van der Waals surface area (Å²) in [7, 11) is 0. The quantitative estimate of drug-likeness (QED) is 0.404. The fourth-order valence-electron chi connectivity index (χ4n) is 3.31. The summed E-state index contributed by atoms with van der Waals surface area (Å²) in [6.45, 7) is 4.73. The molecule has 4 aromatic rings. The molecule has 32 heavy (non-hydrogen) atoms. The molecule has 0 unspecified atom stereocenters. The van der Waals surface area contributed by atoms with E-state index in [1.54, 1.807) is 35.3 Å². The fraction of sp³-hybridized carbons (Fsp3) is 0.174. The van der Waals surface area contributed by atoms with Gasteiger partial charge in [0.05, 0.1) is 41.4 Å². The minimum atomic E-state index is -0.392. The average molecular weight is 472 g/mol. The monoisotopic (exact) mass is 471 g/mol. The van der Waals surface area contributed by atoms with Gasteiger partial charge in [0.1, 0.15) is 5.82 Å². The Kier molecular flexibility index (Phi) is 6.30. The maximum atomic E-state index is 13.2. The van der Waals surface area contributed by atoms with E-state index < -0.39 is 5.82 Å². The third kappa shape index (κ3) is 4.84. The predicted octanol–water partition coefficient (Wildman–Crippen LogP) is 5.49. The van der Waals surface area contributed by atoms with Gasteiger partial charge in [0.25, 0.3) is 5.91 Å². The van der Waals surface area contributed by atoms with Crippen LogP contribution in [0.25, 0.3) is 0 Å². The molecule has 2 aromatic heterocycles. The number of aryl methyl sites for hydroxylation is 1. The Morgan fingerprint density at radius 2 is 1.84 bits per heavy atom. The van der Waals surface area contributed by atoms with Gasteiger partial charge in [-0.25, -0.2) is 4.39 Å². The molecule has 164 valence electrons. The molecule has 0 aliphatic carbocycles. The second-order valence-electron chi connectivity index (χ2n) is 7.46. The number of carbonyl (C=O) groups is 1. The highest BCUT2D eigenvalue weighted by Crippen LogP contribution is 2.21. The number of hydrogen-bond acceptors (Lipinski definition) is 3. The van der Waals surface area contributed by atoms with Crippen molar-refractivity contribution in [2.24, 2.45) is 0 Å². The summed E-state index contributed by atoms with van der Waals surface area (Å²) < 4.78 is 16.7. The third-order valence-corrected chi connectivity index (χ3v) is 5.98. The first kappa shape index (κ1) is 22.0. The second-order valence-corrected chi connectivity index (χ2v) is 8.24. The minimum absolute atomic E-state index is 0.245. The van der Waals surface area contributed by atoms with E-state index in [4.69, 9.17) is 23.2 Å². The van der Waals surface area contributed by atoms with E-state index >= 15 is 0 Å². The summed E-state index contributed by atoms with van der Waals surface area (Å²) in [5.74, 6) is -0.637. The Bertz CT molecular complexity index is 1280. The highest BCUT2D eigenvalue weighted by atomic mass is 35.5. The lowest BCUT2D eigenvalue weighted by molar-refractivity contribution is 0.102. The molecule has 0 aliphatic rings. The Labute approximate surface area is 194 Å². The van der Waals surface area contributed by atoms with Crippen molar-refractivity contribution in [2.75, 3.05) is 5.32 Å². The number of aromatic nitrogens is 4. The molecule has 9 heteroatoms. The van der Waals surface area contributed by atoms with E-state index in [9.17, 15) is 9.18 Å². The average Bonchev–Trinajstić information content (AvgIpc) is 3.30. The molecule has 0 saturated heterocycles. The summed E-state index contributed by atoms with van der Waals surface area (Å²) in [4.78, 5) is 12.6. The van der Waals surface area contributed by atoms with Crippen LogP contribution in [0.15, 0.2) is 54.9 Å². The Hall–Kier alpha value is -3.16. The molecule has 0 saturated carbocycles. The van der Waals surface area contributed by atoms with Crippen LogP contribution >= 0.6 is 23.2 Å². The summed E-state index contributed by atoms with van der Waals surface area (Å²) >= 11 is 12.3. The van der Waals surface area contributed by atoms with E-state index in [0.29, 0.717) is 34.4 Å². The van der Waals surface area contributed by atoms with Crippen molar-refractivity contribution in [2.45, 2.75) is 26.9 Å². The molecule has 1 N–H and O–H groups in total. The van der Waals surface area contributed by atoms with Gasteiger partial charge in [-0.15, -0.1) is 0 Å². The van der Waals surface area contributed by atoms with Crippen molar-refractivity contribution in [1.29, 1.82) is 0 Å². The number of anilines is 1. The lowest BCUT2D eigenvalue weighted by atomic mass is 10.1. The summed E-state index contributed by atoms with van der Waals surface area (Å²) in [5, 5.41) is 12.5. The van der Waals surface area contributed by atoms with Gasteiger partial charge in [0.15, 0.2) is 0 Å². The second kappa shape index (κ2) is 9.14. The number of rotatable bonds is 6. The Morgan fingerprint density at radius 1 is 1.09 bits per heavy atom. The molecule has 0 fully saturated rings. The maximum Gasteiger partial charge on any atom is 0.255 e. The zero-order valence-corrected chi connectivity index (χ0v) is 19.0. The van der Waals surface area contributed by atoms with Gasteiger partial charge in [0.2, 0.25) is 0 Å². The Balaban J connectivity index is 1.39. The number of hydrogen-bond donors (Lipinski definition) is 1. The highest BCUT2D eigenvalue weighted by molar-refractivity contribution is 6.32. The van der Waals surface area contributed by atoms with Crippen molar-refractivity contribution >= 4 is 34.8 Å². The van der Waals surface area contributed by atoms with Crippen molar-refractivity contribution in [3.63, 3.8) is 0 Å². The summed E-state index contributed by atoms with van der Waals surface area (Å²) in [6.07, 6.45) is 3.24. The first-order valence-corrected chi connectivity index (χ1v) is 10.6. The molecule has 2 heterocycles. The van der Waals surface area contributed by atoms with E-state index in [2.05, 4.69) is 15.5 Å². The fourth-order valence-corrected chi connectivity index (χ4v) is 3.67. The first-order valence-electron chi connectivity index (χ1n) is 9.86. The smallest absolute Gasteiger partial charge is 0.255 e. The minimum Gasteiger partial charge on any atom is -0.319 e. The van der Waals surface area contributed by atoms with E-state index in [0.717, 1.165) is 22.5 Å². The largest absolute Gasteiger partial charge is 0.319 e. The van der Waals surface area contributed by atoms with Crippen molar-refractivity contribution in [1.82, 2.24) is 19.6 Å². The molecule has 0 atom stereocenters. The van der Waals surface area contributed by atoms with Crippen LogP contribution < -0.4 is 5.32 Å². The van der Waals surface area contributed by atoms with Gasteiger partial charge >= 0.3 is 0 Å². The zero-order chi connectivity index (χ0) is 22.8. The number of nitrogens with zero attached hydrogens (tertiary/aromatic N) is 4. The molecule has 0 bridgehead atoms. The molecule has 0 spiro atoms. The van der Waals surface area contributed by atoms with Gasteiger partial charge < -0.3 is 5.32 Å². The standard InChI is InChI=1S/C23H20Cl2FN5O/c1-14-22(25)15(2)31(29-14)11-16-3-5-17(6-4-16)23(32)28-20-10-27-30(13-20)12-18-7-8-19(26)9-21(18)24/h3-10,13H,11-12H2,1-2H3,(H,28,32). The molecule has 2 aromatic carbocycles. The maximum absolute atomic E-state index is 13.2. The van der Waals surface area contributed by atoms with Gasteiger partial charge in [-0.05, 0) is 49.2 Å². The van der Waals surface area contributed by atoms with Crippen LogP contribution in [0.5, 0.6) is 0 Å². The van der Waals surface area contributed by atoms with E-state index in [1.807, 2.05) is 30.7 Å². The van der Waals surface area contributed by atoms with Crippen molar-refractivity contribution < 1.29 is 9.18 Å². The van der Waals surface area contributed by atoms with Crippen LogP contribution in [0, 0.1) is 19.7 Å². The van der Waals surface area contributed by atoms with Crippen molar-refractivity contribution in [3.05, 3.63) is 98.8 Å². The van der Waals surface area contributed by atoms with Gasteiger partial charge in [-0.2, -0.15) is 10.2 Å². The highest BCUT2D eigenvalue weighted by Gasteiger charge is 2.11. The SMILES string of the molecule is Cc1nn(Cc2ccc(C(=O)Nc3cnn(Cc4ccc(F)cc4Cl)c3)cc2)c(C)c1Cl. The van der Waals surface area contributed by atoms with Gasteiger partial charge in [-0.3, -0.25) is 14.2 Å². The van der Waals surface area contributed by atoms with Gasteiger partial charge in [-0.1, -0.05) is 41.4 Å². The molecule has 6 nitrogen and oxygen atoms in total. The normalized spacial score (nSPS) is 11.0. The van der Waals surface area contributed by atoms with Gasteiger partial charge in [0, 0.05) is 16.8 Å². The van der Waals surface area contributed by atoms with Crippen LogP contribution in [0.2, 0.25) is 10.0 Å². The van der Waals surface area contributed by atoms with Crippen LogP contribution in [0.1, 0.15) is 32.9 Å². The van der Waals surface area contributed by atoms with Crippen molar-refractivity contribution in [3.8, 4) is 0 Å². The molecule has 4 rings (SSSR count). The zero-order valence-electron chi connectivity index (χ0n) is 17.4. The number of amides is 1. The lowest BCUT2D eigenvalue weighted by Crippen LogP contribution is -2.12. The topological polar surface area (TPSA) is 64.7 Å². The number of nitrogens with one attached hydrogen (secondary N) is 1. The summed E-state index contributed by atoms with van der Waals surface area (Å²) in [5.41, 5.74) is 4.51. The molecule has 0 aliphatic heterocycles. The van der Waals surface area contributed by atoms with E-state index in [1.165, 1.54) is 12.1 Å². The lowest BCUT2D eigenvalue weighted by Gasteiger charge is -2.07. The van der Waals surface area contributed by atoms with Crippen LogP contribution in [0.3, 0.4) is 0 Å². The molecule has 0 radical (unpaired) electrons. The first-order chi connectivity index (χ1) is 15.3. The number of halogens is 3. The summed E-state index contributed by atoms with van der Waals surface area (Å²) in [6, 6.07) is 11.5. The van der Waals surface area contributed by atoms with Crippen LogP contribution in [-0.4, -0.2) is 25.5 Å². The molecule has 1 amide bonds. The van der Waals surface area contributed by atoms with E-state index in [-0.39, 0.29) is 5.91 Å². The molecular weight excluding hydrogens is 452 g/mol. The van der Waals surface area contributed by atoms with Crippen LogP contribution in [0.4, 0.5) is 10.1 Å². The number of carbonyl (C=O) groups excluding carboxylic acids is 1. The van der Waals surface area contributed by atoms with Crippen LogP contribution in [-0.2, 0) is 13.1 Å². The Morgan fingerprint density at radius 3 is 2.50 bits per heavy atom. The number of benzene rings is 2.